The lowest BCUT2D eigenvalue weighted by Gasteiger charge is -2.63. The van der Waals surface area contributed by atoms with Crippen molar-refractivity contribution in [3.05, 3.63) is 23.3 Å². The molecule has 5 aliphatic rings. The van der Waals surface area contributed by atoms with Gasteiger partial charge in [-0.05, 0) is 90.9 Å². The fourth-order valence-electron chi connectivity index (χ4n) is 10.4. The molecule has 19 heteroatoms. The van der Waals surface area contributed by atoms with Gasteiger partial charge in [-0.25, -0.2) is 17.3 Å². The molecule has 1 aliphatic heterocycles. The SMILES string of the molecule is C[C@H](CC[C@@H](C)[C@H]1CC[C@@]2(C)[C@@H]3C[C@H](OS(=O)(=O)O)[C@@H]4[C@@H](O)[C@H](OS(=O)(=O)O)[C@@H](OS(=O)(=O)O)C[C@]4(C)C3=CC[C@]12C)C1=C[C@H](O)OC1=O. The van der Waals surface area contributed by atoms with E-state index in [1.54, 1.807) is 6.92 Å². The van der Waals surface area contributed by atoms with E-state index in [0.717, 1.165) is 18.4 Å². The van der Waals surface area contributed by atoms with Gasteiger partial charge in [0, 0.05) is 11.5 Å². The van der Waals surface area contributed by atoms with E-state index >= 15 is 0 Å². The fourth-order valence-corrected chi connectivity index (χ4v) is 11.9. The highest BCUT2D eigenvalue weighted by molar-refractivity contribution is 7.81. The summed E-state index contributed by atoms with van der Waals surface area (Å²) < 4.78 is 120. The second-order valence-corrected chi connectivity index (χ2v) is 18.4. The summed E-state index contributed by atoms with van der Waals surface area (Å²) in [6.45, 7) is 9.96. The van der Waals surface area contributed by atoms with Gasteiger partial charge in [-0.15, -0.1) is 0 Å². The highest BCUT2D eigenvalue weighted by atomic mass is 32.3. The van der Waals surface area contributed by atoms with Crippen molar-refractivity contribution in [3.8, 4) is 0 Å². The van der Waals surface area contributed by atoms with Gasteiger partial charge < -0.3 is 14.9 Å². The molecule has 0 aromatic heterocycles. The molecule has 5 N–H and O–H groups in total. The zero-order valence-corrected chi connectivity index (χ0v) is 30.3. The van der Waals surface area contributed by atoms with Crippen LogP contribution in [0.2, 0.25) is 0 Å². The van der Waals surface area contributed by atoms with Crippen LogP contribution in [0.4, 0.5) is 0 Å². The zero-order chi connectivity index (χ0) is 36.7. The van der Waals surface area contributed by atoms with Gasteiger partial charge in [0.1, 0.15) is 12.2 Å². The van der Waals surface area contributed by atoms with Gasteiger partial charge in [0.2, 0.25) is 6.29 Å². The molecule has 0 saturated heterocycles. The first-order chi connectivity index (χ1) is 22.3. The molecule has 0 bridgehead atoms. The zero-order valence-electron chi connectivity index (χ0n) is 27.8. The van der Waals surface area contributed by atoms with E-state index in [1.807, 2.05) is 13.0 Å². The summed E-state index contributed by atoms with van der Waals surface area (Å²) in [7, 11) is -15.7. The normalized spacial score (nSPS) is 42.3. The number of cyclic esters (lactones) is 1. The lowest BCUT2D eigenvalue weighted by atomic mass is 9.43. The molecule has 0 unspecified atom stereocenters. The van der Waals surface area contributed by atoms with Crippen molar-refractivity contribution in [1.29, 1.82) is 0 Å². The lowest BCUT2D eigenvalue weighted by molar-refractivity contribution is -0.179. The fraction of sp³-hybridized carbons (Fsp3) is 0.833. The van der Waals surface area contributed by atoms with Crippen molar-refractivity contribution >= 4 is 37.2 Å². The van der Waals surface area contributed by atoms with Crippen LogP contribution in [0.3, 0.4) is 0 Å². The number of rotatable bonds is 11. The van der Waals surface area contributed by atoms with Crippen LogP contribution >= 0.6 is 0 Å². The van der Waals surface area contributed by atoms with Gasteiger partial charge in [-0.3, -0.25) is 13.7 Å². The minimum Gasteiger partial charge on any atom is -0.429 e. The molecule has 280 valence electrons. The number of aliphatic hydroxyl groups is 2. The summed E-state index contributed by atoms with van der Waals surface area (Å²) in [5.74, 6) is -2.01. The maximum atomic E-state index is 12.2. The molecule has 0 radical (unpaired) electrons. The average Bonchev–Trinajstić information content (AvgIpc) is 3.41. The van der Waals surface area contributed by atoms with Gasteiger partial charge >= 0.3 is 37.2 Å². The van der Waals surface area contributed by atoms with E-state index < -0.39 is 97.0 Å². The van der Waals surface area contributed by atoms with E-state index in [0.29, 0.717) is 24.8 Å². The Morgan fingerprint density at radius 2 is 1.49 bits per heavy atom. The van der Waals surface area contributed by atoms with E-state index in [-0.39, 0.29) is 29.6 Å². The number of ether oxygens (including phenoxy) is 1. The van der Waals surface area contributed by atoms with Gasteiger partial charge in [0.05, 0.1) is 12.2 Å². The lowest BCUT2D eigenvalue weighted by Crippen LogP contribution is -2.65. The van der Waals surface area contributed by atoms with E-state index in [2.05, 4.69) is 25.0 Å². The molecule has 0 aromatic carbocycles. The number of allylic oxidation sites excluding steroid dienone is 2. The van der Waals surface area contributed by atoms with Crippen LogP contribution < -0.4 is 0 Å². The number of hydrogen-bond acceptors (Lipinski definition) is 13. The van der Waals surface area contributed by atoms with E-state index in [4.69, 9.17) is 13.1 Å². The Hall–Kier alpha value is -1.52. The van der Waals surface area contributed by atoms with Crippen LogP contribution in [0.15, 0.2) is 23.3 Å². The van der Waals surface area contributed by atoms with Gasteiger partial charge in [-0.1, -0.05) is 46.3 Å². The molecular weight excluding hydrogens is 713 g/mol. The first kappa shape index (κ1) is 38.7. The maximum Gasteiger partial charge on any atom is 0.397 e. The average molecular weight is 759 g/mol. The Morgan fingerprint density at radius 1 is 0.898 bits per heavy atom. The minimum absolute atomic E-state index is 0.0197. The Morgan fingerprint density at radius 3 is 2.04 bits per heavy atom. The first-order valence-electron chi connectivity index (χ1n) is 16.3. The third-order valence-electron chi connectivity index (χ3n) is 12.7. The molecule has 1 heterocycles. The molecule has 3 saturated carbocycles. The first-order valence-corrected chi connectivity index (χ1v) is 20.4. The van der Waals surface area contributed by atoms with Crippen molar-refractivity contribution in [3.63, 3.8) is 0 Å². The third-order valence-corrected chi connectivity index (χ3v) is 14.2. The largest absolute Gasteiger partial charge is 0.429 e. The summed E-state index contributed by atoms with van der Waals surface area (Å²) in [5, 5.41) is 21.2. The van der Waals surface area contributed by atoms with E-state index in [9.17, 15) is 53.9 Å². The topological polar surface area (TPSA) is 258 Å². The van der Waals surface area contributed by atoms with Crippen molar-refractivity contribution in [2.24, 2.45) is 45.8 Å². The van der Waals surface area contributed by atoms with Gasteiger partial charge in [-0.2, -0.15) is 25.3 Å². The molecule has 16 nitrogen and oxygen atoms in total. The Bertz CT molecular complexity index is 1720. The van der Waals surface area contributed by atoms with Gasteiger partial charge in [0.15, 0.2) is 0 Å². The molecule has 0 spiro atoms. The van der Waals surface area contributed by atoms with Crippen molar-refractivity contribution in [2.45, 2.75) is 110 Å². The number of carbonyl (C=O) groups excluding carboxylic acids is 1. The van der Waals surface area contributed by atoms with Crippen LogP contribution in [0.1, 0.15) is 79.6 Å². The monoisotopic (exact) mass is 758 g/mol. The van der Waals surface area contributed by atoms with Crippen molar-refractivity contribution in [2.75, 3.05) is 0 Å². The third kappa shape index (κ3) is 7.27. The smallest absolute Gasteiger partial charge is 0.397 e. The molecule has 49 heavy (non-hydrogen) atoms. The second-order valence-electron chi connectivity index (χ2n) is 15.3. The van der Waals surface area contributed by atoms with Crippen LogP contribution in [0, 0.1) is 45.8 Å². The van der Waals surface area contributed by atoms with Crippen LogP contribution in [-0.4, -0.2) is 85.8 Å². The Balaban J connectivity index is 1.50. The molecule has 0 amide bonds. The summed E-state index contributed by atoms with van der Waals surface area (Å²) in [4.78, 5) is 12.1. The van der Waals surface area contributed by atoms with Gasteiger partial charge in [0.25, 0.3) is 0 Å². The highest BCUT2D eigenvalue weighted by Crippen LogP contribution is 2.72. The summed E-state index contributed by atoms with van der Waals surface area (Å²) in [6.07, 6.45) is -2.13. The number of carbonyl (C=O) groups is 1. The minimum atomic E-state index is -5.32. The van der Waals surface area contributed by atoms with Crippen molar-refractivity contribution < 1.29 is 71.2 Å². The Labute approximate surface area is 287 Å². The van der Waals surface area contributed by atoms with E-state index in [1.165, 1.54) is 6.08 Å². The van der Waals surface area contributed by atoms with Crippen LogP contribution in [0.25, 0.3) is 0 Å². The summed E-state index contributed by atoms with van der Waals surface area (Å²) >= 11 is 0. The van der Waals surface area contributed by atoms with Crippen LogP contribution in [0.5, 0.6) is 0 Å². The number of hydrogen-bond donors (Lipinski definition) is 5. The molecule has 5 rings (SSSR count). The molecule has 4 aliphatic carbocycles. The second kappa shape index (κ2) is 12.9. The predicted molar refractivity (Wildman–Crippen MR) is 169 cm³/mol. The van der Waals surface area contributed by atoms with Crippen molar-refractivity contribution in [1.82, 2.24) is 0 Å². The number of fused-ring (bicyclic) bond motifs is 5. The quantitative estimate of drug-likeness (QED) is 0.115. The number of aliphatic hydroxyl groups excluding tert-OH is 2. The predicted octanol–water partition coefficient (Wildman–Crippen LogP) is 2.56. The number of esters is 1. The molecular formula is C30H46O16S3. The molecule has 0 aromatic rings. The highest BCUT2D eigenvalue weighted by Gasteiger charge is 2.68. The standard InChI is InChI=1S/C30H46O16S3/c1-15(17-12-23(31)43-27(17)33)6-7-16(2)18-8-10-30(5)20-13-21(44-47(34,35)36)24-25(32)26(46-49(40,41)42)22(45-48(37,38)39)14-28(24,3)19(20)9-11-29(18,30)4/h9,12,15-16,18,20-26,31-32H,6-8,10-11,13-14H2,1-5H3,(H,34,35,36)(H,37,38,39)(H,40,41,42)/t15-,16-,18-,20-,21+,22+,23-,24-,25-,26-,28-,29-,30+/m1/s1. The molecule has 3 fully saturated rings. The molecule has 13 atom stereocenters. The summed E-state index contributed by atoms with van der Waals surface area (Å²) in [5.41, 5.74) is -0.981. The van der Waals surface area contributed by atoms with Crippen LogP contribution in [-0.2, 0) is 53.3 Å². The summed E-state index contributed by atoms with van der Waals surface area (Å²) in [6, 6.07) is 0. The Kier molecular flexibility index (Phi) is 10.2. The maximum absolute atomic E-state index is 12.2.